The van der Waals surface area contributed by atoms with Crippen LogP contribution in [-0.4, -0.2) is 80.1 Å². The molecule has 3 aromatic carbocycles. The number of nitrogens with one attached hydrogen (secondary N) is 1. The Labute approximate surface area is 319 Å². The summed E-state index contributed by atoms with van der Waals surface area (Å²) < 4.78 is 79.4. The summed E-state index contributed by atoms with van der Waals surface area (Å²) in [4.78, 5) is 35.4. The molecule has 0 spiro atoms. The van der Waals surface area contributed by atoms with Crippen LogP contribution < -0.4 is 14.4 Å². The summed E-state index contributed by atoms with van der Waals surface area (Å²) in [5.41, 5.74) is 1.31. The van der Waals surface area contributed by atoms with E-state index < -0.39 is 33.6 Å². The Morgan fingerprint density at radius 2 is 1.47 bits per heavy atom. The van der Waals surface area contributed by atoms with E-state index in [0.717, 1.165) is 17.8 Å². The molecule has 292 valence electrons. The second kappa shape index (κ2) is 16.2. The van der Waals surface area contributed by atoms with Gasteiger partial charge in [-0.05, 0) is 93.1 Å². The number of piperidine rings is 1. The van der Waals surface area contributed by atoms with Crippen molar-refractivity contribution >= 4 is 33.4 Å². The molecule has 4 aromatic rings. The van der Waals surface area contributed by atoms with E-state index in [1.165, 1.54) is 6.07 Å². The molecule has 2 aliphatic heterocycles. The van der Waals surface area contributed by atoms with Crippen LogP contribution in [0.3, 0.4) is 0 Å². The number of piperazine rings is 1. The molecule has 0 unspecified atom stereocenters. The van der Waals surface area contributed by atoms with E-state index in [4.69, 9.17) is 9.47 Å². The monoisotopic (exact) mass is 779 g/mol. The van der Waals surface area contributed by atoms with Crippen molar-refractivity contribution in [3.63, 3.8) is 0 Å². The molecule has 1 aromatic heterocycles. The van der Waals surface area contributed by atoms with Crippen molar-refractivity contribution in [3.8, 4) is 11.5 Å². The van der Waals surface area contributed by atoms with E-state index in [1.54, 1.807) is 64.4 Å². The van der Waals surface area contributed by atoms with Gasteiger partial charge in [-0.25, -0.2) is 18.2 Å². The van der Waals surface area contributed by atoms with Crippen molar-refractivity contribution in [3.05, 3.63) is 114 Å². The minimum atomic E-state index is -4.53. The van der Waals surface area contributed by atoms with Crippen LogP contribution in [0.25, 0.3) is 0 Å². The molecule has 2 aliphatic rings. The lowest BCUT2D eigenvalue weighted by molar-refractivity contribution is -0.141. The number of pyridine rings is 1. The van der Waals surface area contributed by atoms with Gasteiger partial charge in [0, 0.05) is 44.8 Å². The second-order valence-corrected chi connectivity index (χ2v) is 16.4. The van der Waals surface area contributed by atoms with Crippen LogP contribution in [-0.2, 0) is 26.7 Å². The molecule has 0 aliphatic carbocycles. The van der Waals surface area contributed by atoms with Gasteiger partial charge in [0.05, 0.1) is 23.3 Å². The summed E-state index contributed by atoms with van der Waals surface area (Å²) in [6, 6.07) is 23.3. The highest BCUT2D eigenvalue weighted by atomic mass is 32.2. The lowest BCUT2D eigenvalue weighted by Gasteiger charge is -2.37. The summed E-state index contributed by atoms with van der Waals surface area (Å²) in [5.74, 6) is 0.366. The molecule has 0 atom stereocenters. The first kappa shape index (κ1) is 39.4. The lowest BCUT2D eigenvalue weighted by Crippen LogP contribution is -2.50. The van der Waals surface area contributed by atoms with Gasteiger partial charge in [0.25, 0.3) is 5.91 Å². The third-order valence-corrected chi connectivity index (χ3v) is 10.6. The molecule has 0 bridgehead atoms. The predicted molar refractivity (Wildman–Crippen MR) is 203 cm³/mol. The quantitative estimate of drug-likeness (QED) is 0.182. The van der Waals surface area contributed by atoms with E-state index in [-0.39, 0.29) is 29.0 Å². The molecule has 15 heteroatoms. The fourth-order valence-corrected chi connectivity index (χ4v) is 7.83. The molecule has 0 radical (unpaired) electrons. The number of amides is 2. The predicted octanol–water partition coefficient (Wildman–Crippen LogP) is 7.91. The summed E-state index contributed by atoms with van der Waals surface area (Å²) in [6.07, 6.45) is -2.49. The maximum atomic E-state index is 13.9. The molecule has 1 N–H and O–H groups in total. The van der Waals surface area contributed by atoms with Crippen molar-refractivity contribution in [2.45, 2.75) is 57.1 Å². The summed E-state index contributed by atoms with van der Waals surface area (Å²) in [6.45, 7) is 8.05. The van der Waals surface area contributed by atoms with E-state index in [9.17, 15) is 31.2 Å². The number of hydrogen-bond donors (Lipinski definition) is 1. The summed E-state index contributed by atoms with van der Waals surface area (Å²) in [5, 5.41) is 0. The van der Waals surface area contributed by atoms with Crippen molar-refractivity contribution in [1.82, 2.24) is 14.8 Å². The molecule has 2 fully saturated rings. The molecule has 3 heterocycles. The molecule has 2 saturated heterocycles. The van der Waals surface area contributed by atoms with Gasteiger partial charge < -0.3 is 24.2 Å². The minimum absolute atomic E-state index is 0.174. The van der Waals surface area contributed by atoms with Crippen LogP contribution in [0.15, 0.2) is 91.1 Å². The molecule has 2 amide bonds. The van der Waals surface area contributed by atoms with Crippen LogP contribution in [0.5, 0.6) is 11.5 Å². The molecular weight excluding hydrogens is 736 g/mol. The number of halogens is 3. The average Bonchev–Trinajstić information content (AvgIpc) is 3.14. The highest BCUT2D eigenvalue weighted by Crippen LogP contribution is 2.34. The molecular formula is C40H44F3N5O6S. The maximum absolute atomic E-state index is 13.9. The molecule has 6 rings (SSSR count). The Hall–Kier alpha value is -5.31. The van der Waals surface area contributed by atoms with Gasteiger partial charge in [0.2, 0.25) is 10.0 Å². The Kier molecular flexibility index (Phi) is 11.6. The number of alkyl halides is 3. The lowest BCUT2D eigenvalue weighted by atomic mass is 9.89. The molecule has 55 heavy (non-hydrogen) atoms. The van der Waals surface area contributed by atoms with Crippen molar-refractivity contribution < 1.29 is 40.7 Å². The van der Waals surface area contributed by atoms with Crippen molar-refractivity contribution in [2.75, 3.05) is 48.9 Å². The highest BCUT2D eigenvalue weighted by Gasteiger charge is 2.32. The fraction of sp³-hybridized carbons (Fsp3) is 0.375. The van der Waals surface area contributed by atoms with Crippen LogP contribution in [0.1, 0.15) is 66.7 Å². The van der Waals surface area contributed by atoms with Crippen LogP contribution >= 0.6 is 0 Å². The number of hydrogen-bond acceptors (Lipinski definition) is 8. The second-order valence-electron chi connectivity index (χ2n) is 14.6. The number of nitrogens with zero attached hydrogens (tertiary/aromatic N) is 4. The van der Waals surface area contributed by atoms with E-state index in [1.807, 2.05) is 43.9 Å². The standard InChI is InChI=1S/C40H44F3N5O6S/c1-39(2,3)54-38(50)48-23-21-46(22-24-48)35-15-11-31(25-34(35)45-55(51,52)27-28-7-5-4-6-8-28)37(49)47-19-17-30(18-20-47)29-9-12-32(13-10-29)53-33-14-16-36(44-26-33)40(41,42)43/h4-16,25-26,30,45H,17-24,27H2,1-3H3. The first-order chi connectivity index (χ1) is 26.0. The highest BCUT2D eigenvalue weighted by molar-refractivity contribution is 7.91. The van der Waals surface area contributed by atoms with Crippen LogP contribution in [0.2, 0.25) is 0 Å². The normalized spacial score (nSPS) is 15.8. The maximum Gasteiger partial charge on any atom is 0.433 e. The van der Waals surface area contributed by atoms with E-state index in [0.29, 0.717) is 74.7 Å². The third-order valence-electron chi connectivity index (χ3n) is 9.38. The smallest absolute Gasteiger partial charge is 0.433 e. The van der Waals surface area contributed by atoms with Crippen LogP contribution in [0.4, 0.5) is 29.3 Å². The Morgan fingerprint density at radius 3 is 2.07 bits per heavy atom. The van der Waals surface area contributed by atoms with E-state index in [2.05, 4.69) is 9.71 Å². The van der Waals surface area contributed by atoms with Crippen molar-refractivity contribution in [2.24, 2.45) is 0 Å². The Balaban J connectivity index is 1.11. The number of carbonyl (C=O) groups is 2. The number of aromatic nitrogens is 1. The topological polar surface area (TPSA) is 121 Å². The molecule has 0 saturated carbocycles. The largest absolute Gasteiger partial charge is 0.456 e. The van der Waals surface area contributed by atoms with Gasteiger partial charge in [-0.2, -0.15) is 13.2 Å². The van der Waals surface area contributed by atoms with Crippen LogP contribution in [0, 0.1) is 0 Å². The third kappa shape index (κ3) is 10.5. The number of ether oxygens (including phenoxy) is 2. The van der Waals surface area contributed by atoms with E-state index >= 15 is 0 Å². The number of carbonyl (C=O) groups excluding carboxylic acids is 2. The Bertz CT molecular complexity index is 2060. The number of sulfonamides is 1. The molecule has 11 nitrogen and oxygen atoms in total. The SMILES string of the molecule is CC(C)(C)OC(=O)N1CCN(c2ccc(C(=O)N3CCC(c4ccc(Oc5ccc(C(F)(F)F)nc5)cc4)CC3)cc2NS(=O)(=O)Cc2ccccc2)CC1. The number of anilines is 2. The summed E-state index contributed by atoms with van der Waals surface area (Å²) in [7, 11) is -3.87. The van der Waals surface area contributed by atoms with Gasteiger partial charge >= 0.3 is 12.3 Å². The fourth-order valence-electron chi connectivity index (χ4n) is 6.63. The Morgan fingerprint density at radius 1 is 0.818 bits per heavy atom. The zero-order chi connectivity index (χ0) is 39.4. The number of likely N-dealkylation sites (tertiary alicyclic amines) is 1. The van der Waals surface area contributed by atoms with Gasteiger partial charge in [0.15, 0.2) is 0 Å². The zero-order valence-electron chi connectivity index (χ0n) is 30.9. The van der Waals surface area contributed by atoms with Gasteiger partial charge in [-0.15, -0.1) is 0 Å². The minimum Gasteiger partial charge on any atom is -0.456 e. The summed E-state index contributed by atoms with van der Waals surface area (Å²) >= 11 is 0. The number of rotatable bonds is 9. The van der Waals surface area contributed by atoms with Gasteiger partial charge in [0.1, 0.15) is 22.8 Å². The van der Waals surface area contributed by atoms with Crippen molar-refractivity contribution in [1.29, 1.82) is 0 Å². The van der Waals surface area contributed by atoms with Gasteiger partial charge in [-0.1, -0.05) is 42.5 Å². The zero-order valence-corrected chi connectivity index (χ0v) is 31.7. The first-order valence-electron chi connectivity index (χ1n) is 18.0. The average molecular weight is 780 g/mol. The van der Waals surface area contributed by atoms with Gasteiger partial charge in [-0.3, -0.25) is 9.52 Å². The first-order valence-corrected chi connectivity index (χ1v) is 19.7. The number of benzene rings is 3.